The van der Waals surface area contributed by atoms with Gasteiger partial charge in [-0.1, -0.05) is 166 Å². The standard InChI is InChI=1S/C54H108N8O6/c1-11-21-26-44(16-6)34-58(39-49(56)63)51(65)41-60(36-46(18-8)28-23-13-3)53(67)43-62(38-48(20-10)30-25-15-5)54(68)42-61(37-47(19-9)29-24-14-4)52(66)40-59(50(64)33-57-32-31-55)35-45(17-7)27-22-12-2/h44-48,51,57,65H,11-43,55H2,1-10H3,(H2,56,63). The zero-order valence-electron chi connectivity index (χ0n) is 45.7. The SMILES string of the molecule is CCCCC(CC)CN(CC(=O)N(CC(=O)N(CC(=O)N(CC(CC)CCCC)CC(O)N(CC(N)=O)CC(CC)CCCC)CC(CC)CCCC)CC(CC)CCCC)C(=O)CNCCN. The van der Waals surface area contributed by atoms with Crippen LogP contribution in [0, 0.1) is 29.6 Å². The van der Waals surface area contributed by atoms with E-state index in [9.17, 15) is 24.3 Å². The first-order valence-corrected chi connectivity index (χ1v) is 27.9. The van der Waals surface area contributed by atoms with Crippen molar-refractivity contribution in [3.63, 3.8) is 0 Å². The second-order valence-electron chi connectivity index (χ2n) is 20.0. The van der Waals surface area contributed by atoms with Gasteiger partial charge in [0.25, 0.3) is 0 Å². The van der Waals surface area contributed by atoms with E-state index >= 15 is 4.79 Å². The van der Waals surface area contributed by atoms with Gasteiger partial charge in [0.15, 0.2) is 0 Å². The molecule has 0 aliphatic rings. The Morgan fingerprint density at radius 3 is 1.06 bits per heavy atom. The van der Waals surface area contributed by atoms with Gasteiger partial charge in [-0.3, -0.25) is 28.9 Å². The highest BCUT2D eigenvalue weighted by Gasteiger charge is 2.32. The monoisotopic (exact) mass is 965 g/mol. The first kappa shape index (κ1) is 65.2. The van der Waals surface area contributed by atoms with Gasteiger partial charge in [-0.2, -0.15) is 0 Å². The Morgan fingerprint density at radius 1 is 0.441 bits per heavy atom. The number of carbonyl (C=O) groups excluding carboxylic acids is 5. The molecular formula is C54H108N8O6. The Labute approximate surface area is 417 Å². The van der Waals surface area contributed by atoms with Crippen LogP contribution < -0.4 is 16.8 Å². The van der Waals surface area contributed by atoms with Gasteiger partial charge >= 0.3 is 0 Å². The maximum Gasteiger partial charge on any atom is 0.242 e. The van der Waals surface area contributed by atoms with Gasteiger partial charge < -0.3 is 41.5 Å². The van der Waals surface area contributed by atoms with Crippen molar-refractivity contribution < 1.29 is 29.1 Å². The molecular weight excluding hydrogens is 857 g/mol. The van der Waals surface area contributed by atoms with Gasteiger partial charge in [0.05, 0.1) is 39.3 Å². The molecule has 0 aliphatic heterocycles. The molecule has 6 unspecified atom stereocenters. The highest BCUT2D eigenvalue weighted by molar-refractivity contribution is 5.90. The van der Waals surface area contributed by atoms with E-state index in [2.05, 4.69) is 74.6 Å². The third-order valence-electron chi connectivity index (χ3n) is 14.3. The number of hydrogen-bond donors (Lipinski definition) is 4. The molecule has 0 aromatic carbocycles. The lowest BCUT2D eigenvalue weighted by atomic mass is 9.97. The number of nitrogens with zero attached hydrogens (tertiary/aromatic N) is 5. The molecule has 14 nitrogen and oxygen atoms in total. The largest absolute Gasteiger partial charge is 0.376 e. The lowest BCUT2D eigenvalue weighted by molar-refractivity contribution is -0.148. The van der Waals surface area contributed by atoms with E-state index in [-0.39, 0.29) is 92.5 Å². The van der Waals surface area contributed by atoms with Gasteiger partial charge in [0.1, 0.15) is 6.23 Å². The van der Waals surface area contributed by atoms with Crippen molar-refractivity contribution in [2.45, 2.75) is 204 Å². The van der Waals surface area contributed by atoms with Gasteiger partial charge in [0, 0.05) is 45.8 Å². The summed E-state index contributed by atoms with van der Waals surface area (Å²) < 4.78 is 0. The lowest BCUT2D eigenvalue weighted by Gasteiger charge is -2.37. The van der Waals surface area contributed by atoms with Crippen molar-refractivity contribution >= 4 is 29.5 Å². The Balaban J connectivity index is 7.28. The molecule has 6 atom stereocenters. The fraction of sp³-hybridized carbons (Fsp3) is 0.907. The molecule has 0 saturated carbocycles. The molecule has 0 aromatic heterocycles. The van der Waals surface area contributed by atoms with Gasteiger partial charge in [-0.25, -0.2) is 0 Å². The van der Waals surface area contributed by atoms with Crippen LogP contribution in [0.4, 0.5) is 0 Å². The summed E-state index contributed by atoms with van der Waals surface area (Å²) in [6, 6.07) is 0. The summed E-state index contributed by atoms with van der Waals surface area (Å²) >= 11 is 0. The number of hydrogen-bond acceptors (Lipinski definition) is 9. The van der Waals surface area contributed by atoms with E-state index in [4.69, 9.17) is 11.5 Å². The summed E-state index contributed by atoms with van der Waals surface area (Å²) in [5.74, 6) is -0.502. The summed E-state index contributed by atoms with van der Waals surface area (Å²) in [5, 5.41) is 15.0. The van der Waals surface area contributed by atoms with Gasteiger partial charge in [-0.15, -0.1) is 0 Å². The summed E-state index contributed by atoms with van der Waals surface area (Å²) in [7, 11) is 0. The van der Waals surface area contributed by atoms with Crippen LogP contribution in [0.15, 0.2) is 0 Å². The predicted octanol–water partition coefficient (Wildman–Crippen LogP) is 8.04. The van der Waals surface area contributed by atoms with Crippen LogP contribution in [0.25, 0.3) is 0 Å². The minimum Gasteiger partial charge on any atom is -0.376 e. The minimum absolute atomic E-state index is 0.0186. The summed E-state index contributed by atoms with van der Waals surface area (Å²) in [4.78, 5) is 79.4. The Kier molecular flexibility index (Phi) is 39.2. The molecule has 5 amide bonds. The molecule has 14 heteroatoms. The fourth-order valence-electron chi connectivity index (χ4n) is 9.21. The summed E-state index contributed by atoms with van der Waals surface area (Å²) in [5.41, 5.74) is 11.5. The highest BCUT2D eigenvalue weighted by Crippen LogP contribution is 2.22. The maximum atomic E-state index is 15.0. The molecule has 0 spiro atoms. The minimum atomic E-state index is -1.13. The van der Waals surface area contributed by atoms with Crippen LogP contribution in [0.2, 0.25) is 0 Å². The number of unbranched alkanes of at least 4 members (excludes halogenated alkanes) is 5. The molecule has 0 heterocycles. The Morgan fingerprint density at radius 2 is 0.750 bits per heavy atom. The average molecular weight is 966 g/mol. The van der Waals surface area contributed by atoms with Crippen LogP contribution in [0.5, 0.6) is 0 Å². The van der Waals surface area contributed by atoms with Crippen molar-refractivity contribution in [1.82, 2.24) is 29.8 Å². The molecule has 6 N–H and O–H groups in total. The number of nitrogens with one attached hydrogen (secondary N) is 1. The quantitative estimate of drug-likeness (QED) is 0.0346. The predicted molar refractivity (Wildman–Crippen MR) is 282 cm³/mol. The van der Waals surface area contributed by atoms with Crippen molar-refractivity contribution in [2.24, 2.45) is 41.1 Å². The van der Waals surface area contributed by atoms with Crippen LogP contribution >= 0.6 is 0 Å². The molecule has 0 fully saturated rings. The molecule has 0 saturated heterocycles. The average Bonchev–Trinajstić information content (AvgIpc) is 3.33. The molecule has 0 aromatic rings. The zero-order chi connectivity index (χ0) is 51.3. The normalized spacial score (nSPS) is 14.2. The third kappa shape index (κ3) is 28.8. The van der Waals surface area contributed by atoms with E-state index in [1.54, 1.807) is 24.5 Å². The van der Waals surface area contributed by atoms with E-state index in [0.717, 1.165) is 128 Å². The number of aliphatic hydroxyl groups is 1. The zero-order valence-corrected chi connectivity index (χ0v) is 45.7. The molecule has 400 valence electrons. The molecule has 0 rings (SSSR count). The summed E-state index contributed by atoms with van der Waals surface area (Å²) in [6.45, 7) is 23.8. The Bertz CT molecular complexity index is 1320. The number of nitrogens with two attached hydrogens (primary N) is 2. The van der Waals surface area contributed by atoms with Crippen molar-refractivity contribution in [3.8, 4) is 0 Å². The second-order valence-corrected chi connectivity index (χ2v) is 20.0. The lowest BCUT2D eigenvalue weighted by Crippen LogP contribution is -2.54. The highest BCUT2D eigenvalue weighted by atomic mass is 16.3. The first-order chi connectivity index (χ1) is 32.6. The van der Waals surface area contributed by atoms with Crippen molar-refractivity contribution in [1.29, 1.82) is 0 Å². The number of carbonyl (C=O) groups is 5. The van der Waals surface area contributed by atoms with E-state index in [1.807, 2.05) is 0 Å². The molecule has 0 aliphatic carbocycles. The van der Waals surface area contributed by atoms with Crippen LogP contribution in [-0.2, 0) is 24.0 Å². The Hall–Kier alpha value is -2.81. The van der Waals surface area contributed by atoms with Crippen LogP contribution in [0.3, 0.4) is 0 Å². The van der Waals surface area contributed by atoms with E-state index in [1.165, 1.54) is 0 Å². The fourth-order valence-corrected chi connectivity index (χ4v) is 9.21. The third-order valence-corrected chi connectivity index (χ3v) is 14.3. The molecule has 68 heavy (non-hydrogen) atoms. The number of aliphatic hydroxyl groups excluding tert-OH is 1. The van der Waals surface area contributed by atoms with Crippen molar-refractivity contribution in [2.75, 3.05) is 85.1 Å². The maximum absolute atomic E-state index is 15.0. The van der Waals surface area contributed by atoms with Crippen LogP contribution in [-0.4, -0.2) is 150 Å². The number of primary amides is 1. The first-order valence-electron chi connectivity index (χ1n) is 27.9. The smallest absolute Gasteiger partial charge is 0.242 e. The molecule has 0 radical (unpaired) electrons. The van der Waals surface area contributed by atoms with Gasteiger partial charge in [-0.05, 0) is 61.7 Å². The molecule has 0 bridgehead atoms. The second kappa shape index (κ2) is 40.9. The number of amides is 5. The van der Waals surface area contributed by atoms with Crippen LogP contribution in [0.1, 0.15) is 198 Å². The van der Waals surface area contributed by atoms with Gasteiger partial charge in [0.2, 0.25) is 29.5 Å². The van der Waals surface area contributed by atoms with Crippen molar-refractivity contribution in [3.05, 3.63) is 0 Å². The number of rotatable bonds is 45. The summed E-state index contributed by atoms with van der Waals surface area (Å²) in [6.07, 6.45) is 18.1. The topological polar surface area (TPSA) is 186 Å². The van der Waals surface area contributed by atoms with E-state index < -0.39 is 12.1 Å². The van der Waals surface area contributed by atoms with E-state index in [0.29, 0.717) is 45.8 Å².